The highest BCUT2D eigenvalue weighted by molar-refractivity contribution is 5.85. The van der Waals surface area contributed by atoms with Crippen molar-refractivity contribution in [2.24, 2.45) is 17.1 Å². The Kier molecular flexibility index (Phi) is 4.69. The highest BCUT2D eigenvalue weighted by atomic mass is 16.1. The lowest BCUT2D eigenvalue weighted by molar-refractivity contribution is -0.128. The van der Waals surface area contributed by atoms with Crippen LogP contribution in [0, 0.1) is 11.3 Å². The van der Waals surface area contributed by atoms with Gasteiger partial charge in [0.15, 0.2) is 5.78 Å². The largest absolute Gasteiger partial charge is 0.370 e. The number of nitrogens with zero attached hydrogens (tertiary/aromatic N) is 1. The van der Waals surface area contributed by atoms with Crippen LogP contribution in [0.5, 0.6) is 0 Å². The van der Waals surface area contributed by atoms with Gasteiger partial charge in [0.1, 0.15) is 0 Å². The summed E-state index contributed by atoms with van der Waals surface area (Å²) in [6.07, 6.45) is 2.43. The van der Waals surface area contributed by atoms with Crippen molar-refractivity contribution in [2.75, 3.05) is 19.6 Å². The molecule has 1 saturated heterocycles. The van der Waals surface area contributed by atoms with Gasteiger partial charge < -0.3 is 5.73 Å². The molecule has 0 atom stereocenters. The molecule has 0 radical (unpaired) electrons. The Hall–Kier alpha value is -0.900. The predicted octanol–water partition coefficient (Wildman–Crippen LogP) is 1.19. The molecule has 17 heavy (non-hydrogen) atoms. The number of carbonyl (C=O) groups is 2. The van der Waals surface area contributed by atoms with Crippen molar-refractivity contribution in [2.45, 2.75) is 40.0 Å². The molecular weight excluding hydrogens is 216 g/mol. The fourth-order valence-electron chi connectivity index (χ4n) is 2.07. The van der Waals surface area contributed by atoms with Gasteiger partial charge in [-0.3, -0.25) is 14.5 Å². The van der Waals surface area contributed by atoms with Crippen molar-refractivity contribution in [1.29, 1.82) is 0 Å². The van der Waals surface area contributed by atoms with Gasteiger partial charge in [-0.1, -0.05) is 20.8 Å². The van der Waals surface area contributed by atoms with E-state index >= 15 is 0 Å². The van der Waals surface area contributed by atoms with Gasteiger partial charge in [0.25, 0.3) is 0 Å². The number of piperidine rings is 1. The number of amides is 1. The van der Waals surface area contributed by atoms with Gasteiger partial charge in [-0.25, -0.2) is 0 Å². The Balaban J connectivity index is 2.33. The number of hydrogen-bond acceptors (Lipinski definition) is 3. The monoisotopic (exact) mass is 240 g/mol. The second kappa shape index (κ2) is 5.63. The van der Waals surface area contributed by atoms with Crippen LogP contribution in [-0.2, 0) is 9.59 Å². The quantitative estimate of drug-likeness (QED) is 0.803. The Morgan fingerprint density at radius 2 is 1.76 bits per heavy atom. The molecule has 0 aromatic heterocycles. The summed E-state index contributed by atoms with van der Waals surface area (Å²) in [6.45, 7) is 8.20. The second-order valence-electron chi connectivity index (χ2n) is 6.06. The Bertz CT molecular complexity index is 286. The van der Waals surface area contributed by atoms with E-state index in [-0.39, 0.29) is 17.1 Å². The number of ketones is 1. The number of primary amides is 1. The first-order chi connectivity index (χ1) is 7.79. The molecule has 1 amide bonds. The van der Waals surface area contributed by atoms with Crippen LogP contribution in [-0.4, -0.2) is 36.2 Å². The van der Waals surface area contributed by atoms with E-state index in [9.17, 15) is 9.59 Å². The van der Waals surface area contributed by atoms with E-state index in [0.29, 0.717) is 18.9 Å². The zero-order valence-corrected chi connectivity index (χ0v) is 11.2. The molecule has 0 spiro atoms. The van der Waals surface area contributed by atoms with Crippen LogP contribution < -0.4 is 5.73 Å². The summed E-state index contributed by atoms with van der Waals surface area (Å²) in [4.78, 5) is 24.9. The van der Waals surface area contributed by atoms with Gasteiger partial charge >= 0.3 is 0 Å². The predicted molar refractivity (Wildman–Crippen MR) is 67.4 cm³/mol. The molecule has 98 valence electrons. The van der Waals surface area contributed by atoms with Crippen LogP contribution in [0.25, 0.3) is 0 Å². The summed E-state index contributed by atoms with van der Waals surface area (Å²) in [5, 5.41) is 0. The summed E-state index contributed by atoms with van der Waals surface area (Å²) in [6, 6.07) is 0. The molecule has 0 saturated carbocycles. The third-order valence-electron chi connectivity index (χ3n) is 3.40. The van der Waals surface area contributed by atoms with E-state index in [1.54, 1.807) is 0 Å². The van der Waals surface area contributed by atoms with Crippen LogP contribution in [0.3, 0.4) is 0 Å². The zero-order valence-electron chi connectivity index (χ0n) is 11.2. The van der Waals surface area contributed by atoms with Crippen molar-refractivity contribution < 1.29 is 9.59 Å². The average Bonchev–Trinajstić information content (AvgIpc) is 2.18. The van der Waals surface area contributed by atoms with Crippen LogP contribution in [0.1, 0.15) is 40.0 Å². The van der Waals surface area contributed by atoms with Crippen LogP contribution >= 0.6 is 0 Å². The second-order valence-corrected chi connectivity index (χ2v) is 6.06. The highest BCUT2D eigenvalue weighted by Gasteiger charge is 2.26. The van der Waals surface area contributed by atoms with E-state index in [1.807, 2.05) is 20.8 Å². The third-order valence-corrected chi connectivity index (χ3v) is 3.40. The third kappa shape index (κ3) is 4.86. The number of likely N-dealkylation sites (tertiary alicyclic amines) is 1. The van der Waals surface area contributed by atoms with E-state index < -0.39 is 0 Å². The minimum absolute atomic E-state index is 0.214. The number of carbonyl (C=O) groups excluding carboxylic acids is 2. The maximum atomic E-state index is 11.9. The van der Waals surface area contributed by atoms with Crippen molar-refractivity contribution in [1.82, 2.24) is 4.90 Å². The van der Waals surface area contributed by atoms with E-state index in [0.717, 1.165) is 25.9 Å². The molecule has 0 unspecified atom stereocenters. The van der Waals surface area contributed by atoms with Crippen molar-refractivity contribution >= 4 is 11.7 Å². The van der Waals surface area contributed by atoms with E-state index in [2.05, 4.69) is 4.90 Å². The first kappa shape index (κ1) is 14.2. The molecule has 1 aliphatic rings. The van der Waals surface area contributed by atoms with Crippen molar-refractivity contribution in [3.05, 3.63) is 0 Å². The SMILES string of the molecule is CC(C)(C)C(=O)CN1CCC(CC(N)=O)CC1. The standard InChI is InChI=1S/C13H24N2O2/c1-13(2,3)11(16)9-15-6-4-10(5-7-15)8-12(14)17/h10H,4-9H2,1-3H3,(H2,14,17). The topological polar surface area (TPSA) is 63.4 Å². The van der Waals surface area contributed by atoms with Crippen LogP contribution in [0.2, 0.25) is 0 Å². The lowest BCUT2D eigenvalue weighted by atomic mass is 9.89. The smallest absolute Gasteiger partial charge is 0.217 e. The van der Waals surface area contributed by atoms with Gasteiger partial charge in [0.2, 0.25) is 5.91 Å². The minimum Gasteiger partial charge on any atom is -0.370 e. The number of nitrogens with two attached hydrogens (primary N) is 1. The molecule has 1 heterocycles. The molecule has 4 heteroatoms. The van der Waals surface area contributed by atoms with Crippen LogP contribution in [0.4, 0.5) is 0 Å². The summed E-state index contributed by atoms with van der Waals surface area (Å²) < 4.78 is 0. The Morgan fingerprint density at radius 1 is 1.24 bits per heavy atom. The molecule has 1 aliphatic heterocycles. The maximum absolute atomic E-state index is 11.9. The molecule has 0 aromatic rings. The number of rotatable bonds is 4. The first-order valence-corrected chi connectivity index (χ1v) is 6.33. The summed E-state index contributed by atoms with van der Waals surface area (Å²) in [7, 11) is 0. The maximum Gasteiger partial charge on any atom is 0.217 e. The van der Waals surface area contributed by atoms with E-state index in [1.165, 1.54) is 0 Å². The van der Waals surface area contributed by atoms with Gasteiger partial charge in [-0.05, 0) is 31.8 Å². The molecule has 4 nitrogen and oxygen atoms in total. The number of Topliss-reactive ketones (excluding diaryl/α,β-unsaturated/α-hetero) is 1. The summed E-state index contributed by atoms with van der Waals surface area (Å²) in [5.74, 6) is 0.480. The minimum atomic E-state index is -0.260. The lowest BCUT2D eigenvalue weighted by Crippen LogP contribution is -2.41. The number of hydrogen-bond donors (Lipinski definition) is 1. The molecule has 1 rings (SSSR count). The zero-order chi connectivity index (χ0) is 13.1. The van der Waals surface area contributed by atoms with Gasteiger partial charge in [-0.2, -0.15) is 0 Å². The van der Waals surface area contributed by atoms with Gasteiger partial charge in [0, 0.05) is 11.8 Å². The molecule has 1 fully saturated rings. The Labute approximate surface area is 104 Å². The normalized spacial score (nSPS) is 19.2. The lowest BCUT2D eigenvalue weighted by Gasteiger charge is -2.32. The molecule has 0 bridgehead atoms. The molecular formula is C13H24N2O2. The summed E-state index contributed by atoms with van der Waals surface area (Å²) >= 11 is 0. The van der Waals surface area contributed by atoms with E-state index in [4.69, 9.17) is 5.73 Å². The average molecular weight is 240 g/mol. The van der Waals surface area contributed by atoms with Gasteiger partial charge in [-0.15, -0.1) is 0 Å². The fourth-order valence-corrected chi connectivity index (χ4v) is 2.07. The fraction of sp³-hybridized carbons (Fsp3) is 0.846. The van der Waals surface area contributed by atoms with Crippen LogP contribution in [0.15, 0.2) is 0 Å². The van der Waals surface area contributed by atoms with Crippen molar-refractivity contribution in [3.8, 4) is 0 Å². The molecule has 0 aromatic carbocycles. The summed E-state index contributed by atoms with van der Waals surface area (Å²) in [5.41, 5.74) is 4.93. The van der Waals surface area contributed by atoms with Gasteiger partial charge in [0.05, 0.1) is 6.54 Å². The molecule has 2 N–H and O–H groups in total. The molecule has 0 aliphatic carbocycles. The highest BCUT2D eigenvalue weighted by Crippen LogP contribution is 2.22. The Morgan fingerprint density at radius 3 is 2.18 bits per heavy atom. The first-order valence-electron chi connectivity index (χ1n) is 6.33. The van der Waals surface area contributed by atoms with Crippen molar-refractivity contribution in [3.63, 3.8) is 0 Å².